The molecule has 2 rings (SSSR count). The van der Waals surface area contributed by atoms with Gasteiger partial charge in [0.05, 0.1) is 13.5 Å². The molecule has 0 spiro atoms. The van der Waals surface area contributed by atoms with Gasteiger partial charge in [-0.25, -0.2) is 0 Å². The topological polar surface area (TPSA) is 58.6 Å². The Labute approximate surface area is 132 Å². The molecule has 1 aromatic rings. The number of aliphatic hydroxyl groups excluding tert-OH is 1. The second-order valence-electron chi connectivity index (χ2n) is 6.11. The lowest BCUT2D eigenvalue weighted by Crippen LogP contribution is -2.42. The van der Waals surface area contributed by atoms with Gasteiger partial charge in [-0.2, -0.15) is 0 Å². The third-order valence-electron chi connectivity index (χ3n) is 4.53. The van der Waals surface area contributed by atoms with Crippen LogP contribution >= 0.6 is 0 Å². The van der Waals surface area contributed by atoms with Crippen LogP contribution in [0.25, 0.3) is 0 Å². The number of nitrogens with one attached hydrogen (secondary N) is 1. The predicted molar refractivity (Wildman–Crippen MR) is 86.9 cm³/mol. The quantitative estimate of drug-likeness (QED) is 0.814. The number of amides is 1. The van der Waals surface area contributed by atoms with Gasteiger partial charge in [-0.1, -0.05) is 31.4 Å². The maximum absolute atomic E-state index is 12.3. The lowest BCUT2D eigenvalue weighted by molar-refractivity contribution is -0.121. The van der Waals surface area contributed by atoms with Crippen molar-refractivity contribution in [1.82, 2.24) is 5.32 Å². The molecule has 0 aliphatic heterocycles. The van der Waals surface area contributed by atoms with Crippen LogP contribution < -0.4 is 10.1 Å². The molecule has 1 fully saturated rings. The average molecular weight is 305 g/mol. The molecule has 0 heterocycles. The van der Waals surface area contributed by atoms with E-state index in [4.69, 9.17) is 4.74 Å². The minimum absolute atomic E-state index is 0.0363. The van der Waals surface area contributed by atoms with Gasteiger partial charge in [0, 0.05) is 12.6 Å². The molecule has 2 N–H and O–H groups in total. The Morgan fingerprint density at radius 2 is 1.95 bits per heavy atom. The van der Waals surface area contributed by atoms with Crippen molar-refractivity contribution in [3.05, 3.63) is 29.8 Å². The molecule has 1 aromatic carbocycles. The van der Waals surface area contributed by atoms with Gasteiger partial charge in [0.25, 0.3) is 0 Å². The summed E-state index contributed by atoms with van der Waals surface area (Å²) in [5, 5.41) is 12.4. The molecule has 122 valence electrons. The van der Waals surface area contributed by atoms with Crippen LogP contribution in [0.15, 0.2) is 24.3 Å². The molecular formula is C18H27NO3. The second-order valence-corrected chi connectivity index (χ2v) is 6.11. The Bertz CT molecular complexity index is 452. The second kappa shape index (κ2) is 8.79. The number of methoxy groups -OCH3 is 1. The molecule has 1 atom stereocenters. The standard InChI is InChI=1S/C18H27NO3/c1-22-16-9-7-14(8-10-16)13-18(21)19-17(11-12-20)15-5-3-2-4-6-15/h7-10,15,17,20H,2-6,11-13H2,1H3,(H,19,21). The van der Waals surface area contributed by atoms with E-state index in [9.17, 15) is 9.90 Å². The number of rotatable bonds is 7. The first-order valence-electron chi connectivity index (χ1n) is 8.26. The summed E-state index contributed by atoms with van der Waals surface area (Å²) < 4.78 is 5.12. The summed E-state index contributed by atoms with van der Waals surface area (Å²) in [7, 11) is 1.63. The third kappa shape index (κ3) is 5.02. The zero-order chi connectivity index (χ0) is 15.8. The summed E-state index contributed by atoms with van der Waals surface area (Å²) in [4.78, 5) is 12.3. The molecule has 1 saturated carbocycles. The number of ether oxygens (including phenoxy) is 1. The van der Waals surface area contributed by atoms with E-state index in [2.05, 4.69) is 5.32 Å². The van der Waals surface area contributed by atoms with Gasteiger partial charge in [-0.05, 0) is 42.9 Å². The smallest absolute Gasteiger partial charge is 0.224 e. The van der Waals surface area contributed by atoms with Crippen molar-refractivity contribution in [3.8, 4) is 5.75 Å². The Balaban J connectivity index is 1.89. The minimum atomic E-state index is 0.0363. The first-order valence-corrected chi connectivity index (χ1v) is 8.26. The largest absolute Gasteiger partial charge is 0.497 e. The number of hydrogen-bond donors (Lipinski definition) is 2. The van der Waals surface area contributed by atoms with E-state index in [0.29, 0.717) is 18.8 Å². The molecule has 4 heteroatoms. The zero-order valence-corrected chi connectivity index (χ0v) is 13.4. The third-order valence-corrected chi connectivity index (χ3v) is 4.53. The number of hydrogen-bond acceptors (Lipinski definition) is 3. The van der Waals surface area contributed by atoms with Gasteiger partial charge in [0.1, 0.15) is 5.75 Å². The highest BCUT2D eigenvalue weighted by atomic mass is 16.5. The highest BCUT2D eigenvalue weighted by Crippen LogP contribution is 2.27. The molecule has 0 bridgehead atoms. The van der Waals surface area contributed by atoms with Gasteiger partial charge >= 0.3 is 0 Å². The van der Waals surface area contributed by atoms with E-state index in [1.165, 1.54) is 19.3 Å². The van der Waals surface area contributed by atoms with Gasteiger partial charge in [0.15, 0.2) is 0 Å². The van der Waals surface area contributed by atoms with Crippen molar-refractivity contribution in [1.29, 1.82) is 0 Å². The molecule has 0 aromatic heterocycles. The lowest BCUT2D eigenvalue weighted by atomic mass is 9.82. The number of aliphatic hydroxyl groups is 1. The van der Waals surface area contributed by atoms with Crippen LogP contribution in [0.3, 0.4) is 0 Å². The monoisotopic (exact) mass is 305 g/mol. The lowest BCUT2D eigenvalue weighted by Gasteiger charge is -2.30. The van der Waals surface area contributed by atoms with E-state index >= 15 is 0 Å². The van der Waals surface area contributed by atoms with Crippen LogP contribution in [-0.2, 0) is 11.2 Å². The Morgan fingerprint density at radius 3 is 2.55 bits per heavy atom. The fourth-order valence-corrected chi connectivity index (χ4v) is 3.29. The van der Waals surface area contributed by atoms with Crippen molar-refractivity contribution in [2.75, 3.05) is 13.7 Å². The SMILES string of the molecule is COc1ccc(CC(=O)NC(CCO)C2CCCCC2)cc1. The van der Waals surface area contributed by atoms with E-state index in [1.807, 2.05) is 24.3 Å². The molecule has 1 amide bonds. The molecule has 1 aliphatic rings. The van der Waals surface area contributed by atoms with Gasteiger partial charge in [0.2, 0.25) is 5.91 Å². The predicted octanol–water partition coefficient (Wildman–Crippen LogP) is 2.69. The molecule has 1 unspecified atom stereocenters. The molecule has 22 heavy (non-hydrogen) atoms. The molecule has 0 radical (unpaired) electrons. The summed E-state index contributed by atoms with van der Waals surface area (Å²) in [5.74, 6) is 1.35. The van der Waals surface area contributed by atoms with Crippen LogP contribution in [-0.4, -0.2) is 30.8 Å². The Hall–Kier alpha value is -1.55. The fraction of sp³-hybridized carbons (Fsp3) is 0.611. The van der Waals surface area contributed by atoms with Crippen LogP contribution in [0, 0.1) is 5.92 Å². The summed E-state index contributed by atoms with van der Waals surface area (Å²) in [5.41, 5.74) is 0.977. The summed E-state index contributed by atoms with van der Waals surface area (Å²) in [6, 6.07) is 7.68. The molecule has 1 aliphatic carbocycles. The van der Waals surface area contributed by atoms with E-state index in [0.717, 1.165) is 24.2 Å². The summed E-state index contributed by atoms with van der Waals surface area (Å²) in [6.45, 7) is 0.129. The Kier molecular flexibility index (Phi) is 6.72. The number of benzene rings is 1. The van der Waals surface area contributed by atoms with Gasteiger partial charge in [-0.15, -0.1) is 0 Å². The van der Waals surface area contributed by atoms with Crippen molar-refractivity contribution in [2.24, 2.45) is 5.92 Å². The highest BCUT2D eigenvalue weighted by Gasteiger charge is 2.24. The van der Waals surface area contributed by atoms with Crippen molar-refractivity contribution >= 4 is 5.91 Å². The van der Waals surface area contributed by atoms with Crippen LogP contribution in [0.1, 0.15) is 44.1 Å². The summed E-state index contributed by atoms with van der Waals surface area (Å²) in [6.07, 6.45) is 7.11. The number of carbonyl (C=O) groups excluding carboxylic acids is 1. The van der Waals surface area contributed by atoms with E-state index in [-0.39, 0.29) is 18.6 Å². The maximum atomic E-state index is 12.3. The van der Waals surface area contributed by atoms with Crippen molar-refractivity contribution in [2.45, 2.75) is 51.0 Å². The van der Waals surface area contributed by atoms with E-state index < -0.39 is 0 Å². The van der Waals surface area contributed by atoms with Crippen LogP contribution in [0.5, 0.6) is 5.75 Å². The van der Waals surface area contributed by atoms with Crippen molar-refractivity contribution < 1.29 is 14.6 Å². The Morgan fingerprint density at radius 1 is 1.27 bits per heavy atom. The summed E-state index contributed by atoms with van der Waals surface area (Å²) >= 11 is 0. The van der Waals surface area contributed by atoms with E-state index in [1.54, 1.807) is 7.11 Å². The molecular weight excluding hydrogens is 278 g/mol. The first kappa shape index (κ1) is 16.8. The normalized spacial score (nSPS) is 17.0. The van der Waals surface area contributed by atoms with Gasteiger partial charge in [-0.3, -0.25) is 4.79 Å². The zero-order valence-electron chi connectivity index (χ0n) is 13.4. The fourth-order valence-electron chi connectivity index (χ4n) is 3.29. The first-order chi connectivity index (χ1) is 10.7. The van der Waals surface area contributed by atoms with Crippen molar-refractivity contribution in [3.63, 3.8) is 0 Å². The van der Waals surface area contributed by atoms with Gasteiger partial charge < -0.3 is 15.2 Å². The average Bonchev–Trinajstić information content (AvgIpc) is 2.56. The molecule has 0 saturated heterocycles. The highest BCUT2D eigenvalue weighted by molar-refractivity contribution is 5.78. The molecule has 4 nitrogen and oxygen atoms in total. The number of carbonyl (C=O) groups is 1. The van der Waals surface area contributed by atoms with Crippen LogP contribution in [0.2, 0.25) is 0 Å². The minimum Gasteiger partial charge on any atom is -0.497 e. The van der Waals surface area contributed by atoms with Crippen LogP contribution in [0.4, 0.5) is 0 Å². The maximum Gasteiger partial charge on any atom is 0.224 e.